The van der Waals surface area contributed by atoms with Crippen LogP contribution in [0.15, 0.2) is 24.9 Å². The predicted octanol–water partition coefficient (Wildman–Crippen LogP) is 2.95. The standard InChI is InChI=1S/C12H19N/c1-5-10(3)13-9-12(6-2)7-11(13,4)8-12/h5H,1,3,6-9H2,2,4H3. The molecule has 1 saturated carbocycles. The molecule has 0 N–H and O–H groups in total. The van der Waals surface area contributed by atoms with Crippen molar-refractivity contribution in [1.82, 2.24) is 4.90 Å². The summed E-state index contributed by atoms with van der Waals surface area (Å²) < 4.78 is 0. The fourth-order valence-electron chi connectivity index (χ4n) is 3.31. The van der Waals surface area contributed by atoms with E-state index < -0.39 is 0 Å². The fourth-order valence-corrected chi connectivity index (χ4v) is 3.31. The monoisotopic (exact) mass is 177 g/mol. The van der Waals surface area contributed by atoms with E-state index >= 15 is 0 Å². The summed E-state index contributed by atoms with van der Waals surface area (Å²) >= 11 is 0. The first kappa shape index (κ1) is 8.86. The van der Waals surface area contributed by atoms with Crippen LogP contribution in [0.4, 0.5) is 0 Å². The van der Waals surface area contributed by atoms with Crippen LogP contribution in [0.25, 0.3) is 0 Å². The van der Waals surface area contributed by atoms with Crippen LogP contribution in [-0.4, -0.2) is 17.0 Å². The van der Waals surface area contributed by atoms with E-state index in [1.165, 1.54) is 25.8 Å². The maximum atomic E-state index is 4.05. The molecule has 2 heterocycles. The van der Waals surface area contributed by atoms with Crippen molar-refractivity contribution in [3.05, 3.63) is 24.9 Å². The lowest BCUT2D eigenvalue weighted by Gasteiger charge is -2.45. The van der Waals surface area contributed by atoms with Crippen molar-refractivity contribution in [3.8, 4) is 0 Å². The maximum absolute atomic E-state index is 4.05. The Labute approximate surface area is 81.1 Å². The second-order valence-electron chi connectivity index (χ2n) is 4.99. The molecule has 1 heteroatoms. The van der Waals surface area contributed by atoms with Crippen molar-refractivity contribution >= 4 is 0 Å². The Balaban J connectivity index is 2.18. The first-order valence-corrected chi connectivity index (χ1v) is 5.14. The summed E-state index contributed by atoms with van der Waals surface area (Å²) in [5.41, 5.74) is 2.12. The SMILES string of the molecule is C=CC(=C)N1CC2(CC)CC1(C)C2. The third kappa shape index (κ3) is 0.993. The van der Waals surface area contributed by atoms with E-state index in [1.807, 2.05) is 6.08 Å². The van der Waals surface area contributed by atoms with Crippen molar-refractivity contribution in [1.29, 1.82) is 0 Å². The molecular weight excluding hydrogens is 158 g/mol. The van der Waals surface area contributed by atoms with Gasteiger partial charge in [-0.2, -0.15) is 0 Å². The molecule has 72 valence electrons. The third-order valence-electron chi connectivity index (χ3n) is 3.99. The highest BCUT2D eigenvalue weighted by Gasteiger charge is 2.61. The van der Waals surface area contributed by atoms with Crippen LogP contribution in [0, 0.1) is 5.41 Å². The smallest absolute Gasteiger partial charge is 0.0386 e. The van der Waals surface area contributed by atoms with Crippen LogP contribution >= 0.6 is 0 Å². The Morgan fingerprint density at radius 3 is 2.54 bits per heavy atom. The van der Waals surface area contributed by atoms with Crippen LogP contribution in [0.3, 0.4) is 0 Å². The van der Waals surface area contributed by atoms with Crippen LogP contribution in [0.1, 0.15) is 33.1 Å². The van der Waals surface area contributed by atoms with Crippen molar-refractivity contribution in [3.63, 3.8) is 0 Å². The Morgan fingerprint density at radius 2 is 2.15 bits per heavy atom. The molecule has 0 spiro atoms. The molecule has 0 radical (unpaired) electrons. The van der Waals surface area contributed by atoms with Crippen LogP contribution < -0.4 is 0 Å². The van der Waals surface area contributed by atoms with Crippen LogP contribution in [0.2, 0.25) is 0 Å². The van der Waals surface area contributed by atoms with Gasteiger partial charge < -0.3 is 4.90 Å². The summed E-state index contributed by atoms with van der Waals surface area (Å²) in [4.78, 5) is 2.45. The zero-order chi connectivity index (χ0) is 9.69. The highest BCUT2D eigenvalue weighted by atomic mass is 15.3. The van der Waals surface area contributed by atoms with Gasteiger partial charge in [-0.1, -0.05) is 20.1 Å². The van der Waals surface area contributed by atoms with Gasteiger partial charge in [0.05, 0.1) is 0 Å². The second kappa shape index (κ2) is 2.40. The molecule has 1 nitrogen and oxygen atoms in total. The lowest BCUT2D eigenvalue weighted by molar-refractivity contribution is 0.0916. The number of hydrogen-bond acceptors (Lipinski definition) is 1. The van der Waals surface area contributed by atoms with E-state index in [4.69, 9.17) is 0 Å². The van der Waals surface area contributed by atoms with Gasteiger partial charge >= 0.3 is 0 Å². The Morgan fingerprint density at radius 1 is 1.54 bits per heavy atom. The molecule has 2 bridgehead atoms. The molecule has 0 amide bonds. The van der Waals surface area contributed by atoms with Gasteiger partial charge in [0.25, 0.3) is 0 Å². The molecular formula is C12H19N. The average molecular weight is 177 g/mol. The number of fused-ring (bicyclic) bond motifs is 1. The summed E-state index contributed by atoms with van der Waals surface area (Å²) in [6, 6.07) is 0. The Hall–Kier alpha value is -0.720. The van der Waals surface area contributed by atoms with E-state index in [9.17, 15) is 0 Å². The van der Waals surface area contributed by atoms with E-state index in [1.54, 1.807) is 0 Å². The van der Waals surface area contributed by atoms with E-state index in [2.05, 4.69) is 31.9 Å². The van der Waals surface area contributed by atoms with E-state index in [0.717, 1.165) is 5.70 Å². The molecule has 0 aromatic heterocycles. The molecule has 0 atom stereocenters. The number of hydrogen-bond donors (Lipinski definition) is 0. The fraction of sp³-hybridized carbons (Fsp3) is 0.667. The molecule has 3 rings (SSSR count). The Bertz CT molecular complexity index is 258. The number of allylic oxidation sites excluding steroid dienone is 1. The van der Waals surface area contributed by atoms with Gasteiger partial charge in [0, 0.05) is 17.8 Å². The third-order valence-corrected chi connectivity index (χ3v) is 3.99. The van der Waals surface area contributed by atoms with Gasteiger partial charge in [-0.3, -0.25) is 0 Å². The van der Waals surface area contributed by atoms with E-state index in [0.29, 0.717) is 11.0 Å². The largest absolute Gasteiger partial charge is 0.366 e. The highest BCUT2D eigenvalue weighted by Crippen LogP contribution is 2.61. The molecule has 13 heavy (non-hydrogen) atoms. The summed E-state index contributed by atoms with van der Waals surface area (Å²) in [5.74, 6) is 0. The molecule has 3 aliphatic rings. The Kier molecular flexibility index (Phi) is 1.64. The zero-order valence-electron chi connectivity index (χ0n) is 8.77. The van der Waals surface area contributed by atoms with Gasteiger partial charge in [-0.15, -0.1) is 0 Å². The van der Waals surface area contributed by atoms with Crippen molar-refractivity contribution in [2.75, 3.05) is 6.54 Å². The maximum Gasteiger partial charge on any atom is 0.0386 e. The summed E-state index contributed by atoms with van der Waals surface area (Å²) in [6.07, 6.45) is 5.89. The lowest BCUT2D eigenvalue weighted by Crippen LogP contribution is -2.45. The summed E-state index contributed by atoms with van der Waals surface area (Å²) in [5, 5.41) is 0. The molecule has 0 aromatic rings. The topological polar surface area (TPSA) is 3.24 Å². The lowest BCUT2D eigenvalue weighted by atomic mass is 9.61. The van der Waals surface area contributed by atoms with Crippen LogP contribution in [-0.2, 0) is 0 Å². The molecule has 2 aliphatic heterocycles. The minimum absolute atomic E-state index is 0.404. The number of rotatable bonds is 3. The normalized spacial score (nSPS) is 41.5. The first-order valence-electron chi connectivity index (χ1n) is 5.14. The minimum Gasteiger partial charge on any atom is -0.366 e. The predicted molar refractivity (Wildman–Crippen MR) is 56.4 cm³/mol. The molecule has 2 saturated heterocycles. The van der Waals surface area contributed by atoms with Gasteiger partial charge in [-0.05, 0) is 37.7 Å². The molecule has 0 unspecified atom stereocenters. The van der Waals surface area contributed by atoms with E-state index in [-0.39, 0.29) is 0 Å². The highest BCUT2D eigenvalue weighted by molar-refractivity contribution is 5.25. The first-order chi connectivity index (χ1) is 6.05. The second-order valence-corrected chi connectivity index (χ2v) is 4.99. The summed E-state index contributed by atoms with van der Waals surface area (Å²) in [6.45, 7) is 13.7. The van der Waals surface area contributed by atoms with Crippen molar-refractivity contribution in [2.24, 2.45) is 5.41 Å². The average Bonchev–Trinajstić information content (AvgIpc) is 2.52. The molecule has 0 aromatic carbocycles. The van der Waals surface area contributed by atoms with Crippen LogP contribution in [0.5, 0.6) is 0 Å². The van der Waals surface area contributed by atoms with Gasteiger partial charge in [0.1, 0.15) is 0 Å². The quantitative estimate of drug-likeness (QED) is 0.599. The molecule has 1 aliphatic carbocycles. The van der Waals surface area contributed by atoms with Gasteiger partial charge in [0.15, 0.2) is 0 Å². The zero-order valence-corrected chi connectivity index (χ0v) is 8.77. The number of nitrogens with zero attached hydrogens (tertiary/aromatic N) is 1. The van der Waals surface area contributed by atoms with Crippen molar-refractivity contribution < 1.29 is 0 Å². The minimum atomic E-state index is 0.404. The van der Waals surface area contributed by atoms with Crippen molar-refractivity contribution in [2.45, 2.75) is 38.6 Å². The van der Waals surface area contributed by atoms with Gasteiger partial charge in [-0.25, -0.2) is 0 Å². The summed E-state index contributed by atoms with van der Waals surface area (Å²) in [7, 11) is 0. The molecule has 3 fully saturated rings. The van der Waals surface area contributed by atoms with Gasteiger partial charge in [0.2, 0.25) is 0 Å².